The topological polar surface area (TPSA) is 139 Å². The maximum atomic E-state index is 11.8. The van der Waals surface area contributed by atoms with Crippen molar-refractivity contribution in [3.05, 3.63) is 48.8 Å². The Labute approximate surface area is 208 Å². The highest BCUT2D eigenvalue weighted by Crippen LogP contribution is 2.32. The van der Waals surface area contributed by atoms with Gasteiger partial charge >= 0.3 is 0 Å². The number of nitrogens with one attached hydrogen (secondary N) is 2. The first-order chi connectivity index (χ1) is 17.5. The van der Waals surface area contributed by atoms with E-state index in [1.165, 1.54) is 25.5 Å². The molecule has 4 aromatic rings. The van der Waals surface area contributed by atoms with E-state index in [0.29, 0.717) is 34.8 Å². The number of aromatic nitrogens is 4. The summed E-state index contributed by atoms with van der Waals surface area (Å²) in [4.78, 5) is 27.3. The number of nitrogens with two attached hydrogens (primary N) is 1. The zero-order valence-electron chi connectivity index (χ0n) is 20.3. The molecule has 1 amide bonds. The molecule has 0 radical (unpaired) electrons. The second-order valence-electron chi connectivity index (χ2n) is 8.58. The van der Waals surface area contributed by atoms with Crippen LogP contribution in [0.2, 0.25) is 0 Å². The van der Waals surface area contributed by atoms with Crippen molar-refractivity contribution in [3.8, 4) is 0 Å². The van der Waals surface area contributed by atoms with E-state index in [1.807, 2.05) is 23.6 Å². The average Bonchev–Trinajstić information content (AvgIpc) is 3.55. The van der Waals surface area contributed by atoms with Crippen molar-refractivity contribution in [2.45, 2.75) is 33.2 Å². The van der Waals surface area contributed by atoms with Crippen LogP contribution in [-0.4, -0.2) is 38.5 Å². The number of carbonyl (C=O) groups excluding carboxylic acids is 1. The lowest BCUT2D eigenvalue weighted by Gasteiger charge is -2.17. The van der Waals surface area contributed by atoms with Crippen LogP contribution in [0.3, 0.4) is 0 Å². The second-order valence-corrected chi connectivity index (χ2v) is 8.58. The third-order valence-electron chi connectivity index (χ3n) is 5.99. The SMILES string of the molecule is CCn1cnc2c(N)nc(Nc3cc(/N=N/c4ccc(N5CCCC5)cc4)ccc3NC(C)=O)nc21. The Kier molecular flexibility index (Phi) is 6.44. The summed E-state index contributed by atoms with van der Waals surface area (Å²) in [7, 11) is 0. The lowest BCUT2D eigenvalue weighted by molar-refractivity contribution is -0.114. The number of amides is 1. The first-order valence-electron chi connectivity index (χ1n) is 11.9. The lowest BCUT2D eigenvalue weighted by Crippen LogP contribution is -2.17. The molecule has 36 heavy (non-hydrogen) atoms. The van der Waals surface area contributed by atoms with Gasteiger partial charge in [0.05, 0.1) is 29.1 Å². The number of aryl methyl sites for hydroxylation is 1. The van der Waals surface area contributed by atoms with Crippen LogP contribution in [-0.2, 0) is 11.3 Å². The summed E-state index contributed by atoms with van der Waals surface area (Å²) in [5.74, 6) is 0.350. The number of rotatable bonds is 7. The quantitative estimate of drug-likeness (QED) is 0.308. The molecule has 0 saturated carbocycles. The van der Waals surface area contributed by atoms with Crippen molar-refractivity contribution >= 4 is 57.3 Å². The van der Waals surface area contributed by atoms with Crippen LogP contribution < -0.4 is 21.3 Å². The molecule has 0 bridgehead atoms. The van der Waals surface area contributed by atoms with Crippen LogP contribution in [0.5, 0.6) is 0 Å². The highest BCUT2D eigenvalue weighted by molar-refractivity contribution is 5.94. The Bertz CT molecular complexity index is 1420. The first-order valence-corrected chi connectivity index (χ1v) is 11.9. The summed E-state index contributed by atoms with van der Waals surface area (Å²) in [6.45, 7) is 6.33. The molecule has 0 aliphatic carbocycles. The van der Waals surface area contributed by atoms with E-state index in [4.69, 9.17) is 5.73 Å². The van der Waals surface area contributed by atoms with Crippen molar-refractivity contribution in [3.63, 3.8) is 0 Å². The third-order valence-corrected chi connectivity index (χ3v) is 5.99. The monoisotopic (exact) mass is 484 g/mol. The molecule has 2 aromatic carbocycles. The summed E-state index contributed by atoms with van der Waals surface area (Å²) in [6.07, 6.45) is 4.15. The summed E-state index contributed by atoms with van der Waals surface area (Å²) in [5, 5.41) is 14.8. The van der Waals surface area contributed by atoms with Gasteiger partial charge in [0.15, 0.2) is 11.5 Å². The first kappa shape index (κ1) is 23.2. The van der Waals surface area contributed by atoms with E-state index in [2.05, 4.69) is 52.8 Å². The Morgan fingerprint density at radius 1 is 1.03 bits per heavy atom. The number of nitrogen functional groups attached to an aromatic ring is 1. The maximum Gasteiger partial charge on any atom is 0.231 e. The fourth-order valence-electron chi connectivity index (χ4n) is 4.19. The van der Waals surface area contributed by atoms with E-state index < -0.39 is 0 Å². The van der Waals surface area contributed by atoms with Gasteiger partial charge in [-0.05, 0) is 62.2 Å². The largest absolute Gasteiger partial charge is 0.382 e. The van der Waals surface area contributed by atoms with Crippen LogP contribution >= 0.6 is 0 Å². The van der Waals surface area contributed by atoms with Crippen LogP contribution in [0.15, 0.2) is 59.0 Å². The van der Waals surface area contributed by atoms with Gasteiger partial charge in [-0.15, -0.1) is 0 Å². The molecule has 5 rings (SSSR count). The molecule has 1 saturated heterocycles. The van der Waals surface area contributed by atoms with Gasteiger partial charge in [0.2, 0.25) is 11.9 Å². The number of hydrogen-bond donors (Lipinski definition) is 3. The minimum atomic E-state index is -0.203. The Morgan fingerprint density at radius 2 is 1.75 bits per heavy atom. The molecule has 4 N–H and O–H groups in total. The van der Waals surface area contributed by atoms with E-state index in [-0.39, 0.29) is 17.7 Å². The molecule has 3 heterocycles. The predicted octanol–water partition coefficient (Wildman–Crippen LogP) is 5.15. The smallest absolute Gasteiger partial charge is 0.231 e. The maximum absolute atomic E-state index is 11.8. The van der Waals surface area contributed by atoms with Crippen LogP contribution in [0.4, 0.5) is 40.2 Å². The van der Waals surface area contributed by atoms with Crippen LogP contribution in [0, 0.1) is 0 Å². The van der Waals surface area contributed by atoms with E-state index >= 15 is 0 Å². The zero-order chi connectivity index (χ0) is 25.1. The van der Waals surface area contributed by atoms with Crippen molar-refractivity contribution in [1.82, 2.24) is 19.5 Å². The molecule has 0 unspecified atom stereocenters. The number of azo groups is 1. The van der Waals surface area contributed by atoms with Gasteiger partial charge in [-0.3, -0.25) is 4.79 Å². The molecule has 11 heteroatoms. The van der Waals surface area contributed by atoms with E-state index in [1.54, 1.807) is 24.5 Å². The average molecular weight is 485 g/mol. The molecule has 1 fully saturated rings. The van der Waals surface area contributed by atoms with E-state index in [0.717, 1.165) is 18.8 Å². The number of imidazole rings is 1. The molecular weight excluding hydrogens is 456 g/mol. The zero-order valence-corrected chi connectivity index (χ0v) is 20.3. The van der Waals surface area contributed by atoms with Crippen molar-refractivity contribution in [2.75, 3.05) is 34.4 Å². The van der Waals surface area contributed by atoms with Gasteiger partial charge in [-0.25, -0.2) is 4.98 Å². The van der Waals surface area contributed by atoms with Crippen LogP contribution in [0.1, 0.15) is 26.7 Å². The normalized spacial score (nSPS) is 13.6. The highest BCUT2D eigenvalue weighted by atomic mass is 16.1. The Hall–Kier alpha value is -4.54. The fourth-order valence-corrected chi connectivity index (χ4v) is 4.19. The molecular formula is C25H28N10O. The Morgan fingerprint density at radius 3 is 2.47 bits per heavy atom. The molecule has 1 aliphatic heterocycles. The van der Waals surface area contributed by atoms with Crippen molar-refractivity contribution in [1.29, 1.82) is 0 Å². The second kappa shape index (κ2) is 9.98. The van der Waals surface area contributed by atoms with Gasteiger partial charge in [0.1, 0.15) is 5.52 Å². The number of carbonyl (C=O) groups is 1. The summed E-state index contributed by atoms with van der Waals surface area (Å²) in [6, 6.07) is 13.4. The van der Waals surface area contributed by atoms with Gasteiger partial charge in [0, 0.05) is 32.2 Å². The lowest BCUT2D eigenvalue weighted by atomic mass is 10.2. The highest BCUT2D eigenvalue weighted by Gasteiger charge is 2.14. The molecule has 0 spiro atoms. The van der Waals surface area contributed by atoms with Crippen LogP contribution in [0.25, 0.3) is 11.2 Å². The van der Waals surface area contributed by atoms with Gasteiger partial charge < -0.3 is 25.8 Å². The molecule has 184 valence electrons. The number of nitrogens with zero attached hydrogens (tertiary/aromatic N) is 7. The van der Waals surface area contributed by atoms with Gasteiger partial charge in [-0.2, -0.15) is 20.2 Å². The van der Waals surface area contributed by atoms with E-state index in [9.17, 15) is 4.79 Å². The number of anilines is 5. The molecule has 2 aromatic heterocycles. The molecule has 0 atom stereocenters. The van der Waals surface area contributed by atoms with Gasteiger partial charge in [-0.1, -0.05) is 0 Å². The Balaban J connectivity index is 1.41. The fraction of sp³-hybridized carbons (Fsp3) is 0.280. The third kappa shape index (κ3) is 4.95. The number of hydrogen-bond acceptors (Lipinski definition) is 9. The molecule has 11 nitrogen and oxygen atoms in total. The minimum Gasteiger partial charge on any atom is -0.382 e. The summed E-state index contributed by atoms with van der Waals surface area (Å²) in [5.41, 5.74) is 11.0. The summed E-state index contributed by atoms with van der Waals surface area (Å²) < 4.78 is 1.88. The minimum absolute atomic E-state index is 0.203. The molecule has 1 aliphatic rings. The van der Waals surface area contributed by atoms with Gasteiger partial charge in [0.25, 0.3) is 0 Å². The predicted molar refractivity (Wildman–Crippen MR) is 142 cm³/mol. The summed E-state index contributed by atoms with van der Waals surface area (Å²) >= 11 is 0. The number of fused-ring (bicyclic) bond motifs is 1. The van der Waals surface area contributed by atoms with Crippen molar-refractivity contribution < 1.29 is 4.79 Å². The standard InChI is InChI=1S/C25H28N10O/c1-3-34-15-27-22-23(26)30-25(31-24(22)34)29-21-14-18(8-11-20(21)28-16(2)36)33-32-17-6-9-19(10-7-17)35-12-4-5-13-35/h6-11,14-15H,3-5,12-13H2,1-2H3,(H,28,36)(H3,26,29,30,31)/b33-32+. The van der Waals surface area contributed by atoms with Crippen molar-refractivity contribution in [2.24, 2.45) is 10.2 Å². The number of benzene rings is 2.